The van der Waals surface area contributed by atoms with Gasteiger partial charge in [0.2, 0.25) is 5.91 Å². The third kappa shape index (κ3) is 2.69. The number of amides is 1. The molecule has 0 aromatic carbocycles. The molecule has 0 aromatic rings. The second kappa shape index (κ2) is 5.57. The topological polar surface area (TPSA) is 35.6 Å². The summed E-state index contributed by atoms with van der Waals surface area (Å²) in [7, 11) is 0. The SMILES string of the molecule is O=C(CC1CCNC1)N1CCN2CCCCC2C1. The number of nitrogens with zero attached hydrogens (tertiary/aromatic N) is 2. The molecule has 4 heteroatoms. The number of nitrogens with one attached hydrogen (secondary N) is 1. The Labute approximate surface area is 110 Å². The Morgan fingerprint density at radius 2 is 2.11 bits per heavy atom. The summed E-state index contributed by atoms with van der Waals surface area (Å²) in [6, 6.07) is 0.651. The lowest BCUT2D eigenvalue weighted by atomic mass is 9.98. The molecule has 3 aliphatic rings. The van der Waals surface area contributed by atoms with E-state index in [1.165, 1.54) is 32.2 Å². The van der Waals surface area contributed by atoms with Crippen molar-refractivity contribution in [3.05, 3.63) is 0 Å². The molecule has 3 aliphatic heterocycles. The summed E-state index contributed by atoms with van der Waals surface area (Å²) in [6.07, 6.45) is 5.91. The number of fused-ring (bicyclic) bond motifs is 1. The summed E-state index contributed by atoms with van der Waals surface area (Å²) >= 11 is 0. The van der Waals surface area contributed by atoms with E-state index in [1.54, 1.807) is 0 Å². The van der Waals surface area contributed by atoms with Crippen molar-refractivity contribution >= 4 is 5.91 Å². The van der Waals surface area contributed by atoms with Crippen LogP contribution in [0.25, 0.3) is 0 Å². The molecule has 3 rings (SSSR count). The Balaban J connectivity index is 1.51. The maximum Gasteiger partial charge on any atom is 0.222 e. The Kier molecular flexibility index (Phi) is 3.85. The summed E-state index contributed by atoms with van der Waals surface area (Å²) < 4.78 is 0. The molecule has 2 atom stereocenters. The number of piperazine rings is 1. The molecule has 2 unspecified atom stereocenters. The second-order valence-corrected chi connectivity index (χ2v) is 6.09. The molecule has 0 aromatic heterocycles. The van der Waals surface area contributed by atoms with Crippen LogP contribution >= 0.6 is 0 Å². The zero-order valence-electron chi connectivity index (χ0n) is 11.2. The van der Waals surface area contributed by atoms with Gasteiger partial charge >= 0.3 is 0 Å². The highest BCUT2D eigenvalue weighted by Gasteiger charge is 2.31. The Hall–Kier alpha value is -0.610. The van der Waals surface area contributed by atoms with E-state index in [4.69, 9.17) is 0 Å². The van der Waals surface area contributed by atoms with Gasteiger partial charge in [0.15, 0.2) is 0 Å². The van der Waals surface area contributed by atoms with Crippen LogP contribution in [0.15, 0.2) is 0 Å². The summed E-state index contributed by atoms with van der Waals surface area (Å²) in [5.74, 6) is 0.982. The highest BCUT2D eigenvalue weighted by Crippen LogP contribution is 2.22. The van der Waals surface area contributed by atoms with Gasteiger partial charge in [0.05, 0.1) is 0 Å². The highest BCUT2D eigenvalue weighted by molar-refractivity contribution is 5.76. The first-order valence-corrected chi connectivity index (χ1v) is 7.55. The van der Waals surface area contributed by atoms with Gasteiger partial charge in [0.1, 0.15) is 0 Å². The number of hydrogen-bond donors (Lipinski definition) is 1. The summed E-state index contributed by atoms with van der Waals surface area (Å²) in [6.45, 7) is 6.41. The Bertz CT molecular complexity index is 301. The van der Waals surface area contributed by atoms with Gasteiger partial charge in [-0.25, -0.2) is 0 Å². The average molecular weight is 251 g/mol. The smallest absolute Gasteiger partial charge is 0.222 e. The molecule has 0 spiro atoms. The quantitative estimate of drug-likeness (QED) is 0.784. The van der Waals surface area contributed by atoms with Crippen molar-refractivity contribution in [2.75, 3.05) is 39.3 Å². The maximum absolute atomic E-state index is 12.3. The molecule has 0 aliphatic carbocycles. The van der Waals surface area contributed by atoms with Crippen molar-refractivity contribution < 1.29 is 4.79 Å². The van der Waals surface area contributed by atoms with Gasteiger partial charge in [-0.1, -0.05) is 6.42 Å². The van der Waals surface area contributed by atoms with Crippen LogP contribution in [0.5, 0.6) is 0 Å². The first kappa shape index (κ1) is 12.4. The largest absolute Gasteiger partial charge is 0.340 e. The maximum atomic E-state index is 12.3. The van der Waals surface area contributed by atoms with Gasteiger partial charge < -0.3 is 10.2 Å². The molecule has 3 heterocycles. The number of rotatable bonds is 2. The van der Waals surface area contributed by atoms with E-state index in [2.05, 4.69) is 15.1 Å². The molecule has 4 nitrogen and oxygen atoms in total. The van der Waals surface area contributed by atoms with Crippen LogP contribution in [0.2, 0.25) is 0 Å². The zero-order chi connectivity index (χ0) is 12.4. The lowest BCUT2D eigenvalue weighted by Crippen LogP contribution is -2.56. The Morgan fingerprint density at radius 1 is 1.17 bits per heavy atom. The minimum Gasteiger partial charge on any atom is -0.340 e. The van der Waals surface area contributed by atoms with Crippen molar-refractivity contribution in [3.8, 4) is 0 Å². The molecule has 1 amide bonds. The summed E-state index contributed by atoms with van der Waals surface area (Å²) in [5.41, 5.74) is 0. The van der Waals surface area contributed by atoms with E-state index in [0.717, 1.165) is 39.1 Å². The number of piperidine rings is 1. The zero-order valence-corrected chi connectivity index (χ0v) is 11.2. The monoisotopic (exact) mass is 251 g/mol. The van der Waals surface area contributed by atoms with Crippen LogP contribution in [0.3, 0.4) is 0 Å². The van der Waals surface area contributed by atoms with E-state index in [0.29, 0.717) is 17.9 Å². The predicted octanol–water partition coefficient (Wildman–Crippen LogP) is 0.683. The van der Waals surface area contributed by atoms with Crippen LogP contribution in [0.1, 0.15) is 32.1 Å². The van der Waals surface area contributed by atoms with Gasteiger partial charge in [-0.15, -0.1) is 0 Å². The number of hydrogen-bond acceptors (Lipinski definition) is 3. The molecule has 0 radical (unpaired) electrons. The fourth-order valence-corrected chi connectivity index (χ4v) is 3.65. The third-order valence-corrected chi connectivity index (χ3v) is 4.82. The van der Waals surface area contributed by atoms with Crippen LogP contribution in [0, 0.1) is 5.92 Å². The number of carbonyl (C=O) groups excluding carboxylic acids is 1. The molecule has 3 saturated heterocycles. The predicted molar refractivity (Wildman–Crippen MR) is 71.4 cm³/mol. The van der Waals surface area contributed by atoms with Crippen LogP contribution in [-0.4, -0.2) is 61.0 Å². The molecule has 3 fully saturated rings. The van der Waals surface area contributed by atoms with Crippen molar-refractivity contribution in [2.24, 2.45) is 5.92 Å². The molecule has 18 heavy (non-hydrogen) atoms. The van der Waals surface area contributed by atoms with Crippen molar-refractivity contribution in [2.45, 2.75) is 38.1 Å². The van der Waals surface area contributed by atoms with Crippen molar-refractivity contribution in [1.29, 1.82) is 0 Å². The lowest BCUT2D eigenvalue weighted by Gasteiger charge is -2.44. The first-order chi connectivity index (χ1) is 8.83. The van der Waals surface area contributed by atoms with Gasteiger partial charge in [-0.2, -0.15) is 0 Å². The van der Waals surface area contributed by atoms with E-state index >= 15 is 0 Å². The standard InChI is InChI=1S/C14H25N3O/c18-14(9-12-4-5-15-10-12)17-8-7-16-6-2-1-3-13(16)11-17/h12-13,15H,1-11H2. The second-order valence-electron chi connectivity index (χ2n) is 6.09. The molecule has 0 bridgehead atoms. The minimum absolute atomic E-state index is 0.397. The summed E-state index contributed by atoms with van der Waals surface area (Å²) in [5, 5.41) is 3.35. The fourth-order valence-electron chi connectivity index (χ4n) is 3.65. The van der Waals surface area contributed by atoms with E-state index < -0.39 is 0 Å². The lowest BCUT2D eigenvalue weighted by molar-refractivity contribution is -0.135. The summed E-state index contributed by atoms with van der Waals surface area (Å²) in [4.78, 5) is 17.0. The van der Waals surface area contributed by atoms with Crippen LogP contribution < -0.4 is 5.32 Å². The first-order valence-electron chi connectivity index (χ1n) is 7.55. The van der Waals surface area contributed by atoms with Gasteiger partial charge in [0, 0.05) is 32.1 Å². The van der Waals surface area contributed by atoms with Gasteiger partial charge in [-0.3, -0.25) is 9.69 Å². The van der Waals surface area contributed by atoms with Crippen molar-refractivity contribution in [1.82, 2.24) is 15.1 Å². The van der Waals surface area contributed by atoms with Crippen LogP contribution in [0.4, 0.5) is 0 Å². The Morgan fingerprint density at radius 3 is 2.94 bits per heavy atom. The highest BCUT2D eigenvalue weighted by atomic mass is 16.2. The number of carbonyl (C=O) groups is 1. The van der Waals surface area contributed by atoms with E-state index in [1.807, 2.05) is 0 Å². The van der Waals surface area contributed by atoms with E-state index in [9.17, 15) is 4.79 Å². The molecular weight excluding hydrogens is 226 g/mol. The van der Waals surface area contributed by atoms with Crippen LogP contribution in [-0.2, 0) is 4.79 Å². The third-order valence-electron chi connectivity index (χ3n) is 4.82. The fraction of sp³-hybridized carbons (Fsp3) is 0.929. The molecule has 102 valence electrons. The van der Waals surface area contributed by atoms with Gasteiger partial charge in [-0.05, 0) is 44.8 Å². The van der Waals surface area contributed by atoms with Crippen molar-refractivity contribution in [3.63, 3.8) is 0 Å². The normalized spacial score (nSPS) is 33.4. The molecule has 0 saturated carbocycles. The minimum atomic E-state index is 0.397. The average Bonchev–Trinajstić information content (AvgIpc) is 2.91. The molecular formula is C14H25N3O. The van der Waals surface area contributed by atoms with E-state index in [-0.39, 0.29) is 0 Å². The molecule has 1 N–H and O–H groups in total. The van der Waals surface area contributed by atoms with Gasteiger partial charge in [0.25, 0.3) is 0 Å².